The minimum absolute atomic E-state index is 0.0142. The van der Waals surface area contributed by atoms with E-state index in [9.17, 15) is 24.9 Å². The number of nitrogens with zero attached hydrogens (tertiary/aromatic N) is 1. The van der Waals surface area contributed by atoms with Crippen LogP contribution in [-0.4, -0.2) is 10.2 Å². The lowest BCUT2D eigenvalue weighted by molar-refractivity contribution is -0.268. The van der Waals surface area contributed by atoms with Crippen LogP contribution >= 0.6 is 0 Å². The van der Waals surface area contributed by atoms with Gasteiger partial charge in [0.1, 0.15) is 16.9 Å². The van der Waals surface area contributed by atoms with E-state index in [-0.39, 0.29) is 22.9 Å². The van der Waals surface area contributed by atoms with Crippen LogP contribution in [0.2, 0.25) is 0 Å². The first kappa shape index (κ1) is 15.3. The maximum absolute atomic E-state index is 12.3. The summed E-state index contributed by atoms with van der Waals surface area (Å²) in [5, 5.41) is 32.9. The van der Waals surface area contributed by atoms with E-state index in [1.807, 2.05) is 0 Å². The molecule has 3 N–H and O–H groups in total. The lowest BCUT2D eigenvalue weighted by atomic mass is 10.3. The second-order valence-corrected chi connectivity index (χ2v) is 5.01. The van der Waals surface area contributed by atoms with Crippen molar-refractivity contribution in [2.75, 3.05) is 5.32 Å². The quantitative estimate of drug-likeness (QED) is 0.483. The molecule has 0 saturated heterocycles. The number of nitrogens with one attached hydrogen (secondary N) is 1. The summed E-state index contributed by atoms with van der Waals surface area (Å²) in [4.78, 5) is 27.9. The Bertz CT molecular complexity index is 1030. The van der Waals surface area contributed by atoms with Gasteiger partial charge >= 0.3 is 0 Å². The van der Waals surface area contributed by atoms with Gasteiger partial charge in [-0.15, -0.1) is 0 Å². The topological polar surface area (TPSA) is 122 Å². The summed E-state index contributed by atoms with van der Waals surface area (Å²) < 4.78 is 0. The van der Waals surface area contributed by atoms with Crippen molar-refractivity contribution in [3.05, 3.63) is 74.3 Å². The van der Waals surface area contributed by atoms with E-state index in [1.54, 1.807) is 0 Å². The van der Waals surface area contributed by atoms with Crippen LogP contribution in [0.5, 0.6) is 17.2 Å². The first-order chi connectivity index (χ1) is 11.5. The number of hydrogen-bond donors (Lipinski definition) is 3. The van der Waals surface area contributed by atoms with Crippen molar-refractivity contribution in [1.29, 1.82) is 0 Å². The minimum Gasteiger partial charge on any atom is -0.869 e. The normalized spacial score (nSPS) is 11.6. The van der Waals surface area contributed by atoms with Crippen LogP contribution < -0.4 is 26.6 Å². The third kappa shape index (κ3) is 2.82. The third-order valence-electron chi connectivity index (χ3n) is 3.32. The fourth-order valence-corrected chi connectivity index (χ4v) is 2.11. The Morgan fingerprint density at radius 3 is 1.96 bits per heavy atom. The fourth-order valence-electron chi connectivity index (χ4n) is 2.11. The molecule has 0 atom stereocenters. The van der Waals surface area contributed by atoms with Gasteiger partial charge in [-0.25, -0.2) is 4.99 Å². The average Bonchev–Trinajstić information content (AvgIpc) is 2.76. The second-order valence-electron chi connectivity index (χ2n) is 5.01. The van der Waals surface area contributed by atoms with E-state index < -0.39 is 22.0 Å². The number of phenols is 2. The molecule has 0 saturated carbocycles. The summed E-state index contributed by atoms with van der Waals surface area (Å²) in [6.07, 6.45) is 0. The summed E-state index contributed by atoms with van der Waals surface area (Å²) in [6, 6.07) is 11.2. The number of aromatic hydroxyl groups is 2. The zero-order valence-electron chi connectivity index (χ0n) is 12.2. The van der Waals surface area contributed by atoms with Gasteiger partial charge in [0.15, 0.2) is 0 Å². The van der Waals surface area contributed by atoms with Gasteiger partial charge in [-0.3, -0.25) is 9.59 Å². The van der Waals surface area contributed by atoms with E-state index in [1.165, 1.54) is 48.5 Å². The van der Waals surface area contributed by atoms with Crippen LogP contribution in [-0.2, 0) is 0 Å². The van der Waals surface area contributed by atoms with Crippen molar-refractivity contribution in [1.82, 2.24) is 0 Å². The maximum atomic E-state index is 12.3. The molecule has 3 aromatic rings. The van der Waals surface area contributed by atoms with Crippen molar-refractivity contribution in [3.8, 4) is 17.2 Å². The first-order valence-electron chi connectivity index (χ1n) is 6.90. The first-order valence-corrected chi connectivity index (χ1v) is 6.90. The predicted molar refractivity (Wildman–Crippen MR) is 85.5 cm³/mol. The molecule has 0 spiro atoms. The highest BCUT2D eigenvalue weighted by atomic mass is 16.3. The Hall–Kier alpha value is -3.61. The van der Waals surface area contributed by atoms with Crippen molar-refractivity contribution in [2.24, 2.45) is 4.99 Å². The molecule has 0 bridgehead atoms. The number of benzene rings is 2. The molecule has 0 fully saturated rings. The summed E-state index contributed by atoms with van der Waals surface area (Å²) >= 11 is 0. The number of anilines is 2. The largest absolute Gasteiger partial charge is 0.869 e. The highest BCUT2D eigenvalue weighted by Gasteiger charge is 2.12. The smallest absolute Gasteiger partial charge is 0.252 e. The molecule has 0 unspecified atom stereocenters. The summed E-state index contributed by atoms with van der Waals surface area (Å²) in [7, 11) is 0. The van der Waals surface area contributed by atoms with Gasteiger partial charge in [-0.1, -0.05) is 0 Å². The number of phenolic OH excluding ortho intramolecular Hbond substituents is 2. The van der Waals surface area contributed by atoms with E-state index in [2.05, 4.69) is 10.3 Å². The number of hydrogen-bond acceptors (Lipinski definition) is 7. The molecule has 24 heavy (non-hydrogen) atoms. The maximum Gasteiger partial charge on any atom is 0.252 e. The molecular formula is C17H11N2O5-. The molecule has 7 heteroatoms. The van der Waals surface area contributed by atoms with E-state index in [0.717, 1.165) is 0 Å². The van der Waals surface area contributed by atoms with Crippen LogP contribution in [0.25, 0.3) is 0 Å². The molecule has 0 aliphatic heterocycles. The Kier molecular flexibility index (Phi) is 3.75. The van der Waals surface area contributed by atoms with Crippen molar-refractivity contribution >= 4 is 17.1 Å². The van der Waals surface area contributed by atoms with Gasteiger partial charge in [0, 0.05) is 5.69 Å². The monoisotopic (exact) mass is 323 g/mol. The van der Waals surface area contributed by atoms with Crippen LogP contribution in [0, 0.1) is 0 Å². The van der Waals surface area contributed by atoms with Crippen LogP contribution in [0.1, 0.15) is 0 Å². The molecular weight excluding hydrogens is 312 g/mol. The SMILES string of the molecule is O=c1c(Nc2ccc(O)cc2)c([O-])c(=Nc2ccc(O)cc2)c1=O. The van der Waals surface area contributed by atoms with Gasteiger partial charge in [-0.05, 0) is 54.3 Å². The van der Waals surface area contributed by atoms with Gasteiger partial charge in [-0.2, -0.15) is 0 Å². The Morgan fingerprint density at radius 1 is 0.833 bits per heavy atom. The molecule has 3 aromatic carbocycles. The molecule has 120 valence electrons. The van der Waals surface area contributed by atoms with Crippen LogP contribution in [0.15, 0.2) is 63.1 Å². The summed E-state index contributed by atoms with van der Waals surface area (Å²) in [5.41, 5.74) is -1.70. The molecule has 0 radical (unpaired) electrons. The zero-order valence-corrected chi connectivity index (χ0v) is 12.2. The predicted octanol–water partition coefficient (Wildman–Crippen LogP) is 0.743. The Labute approximate surface area is 135 Å². The van der Waals surface area contributed by atoms with Crippen molar-refractivity contribution in [3.63, 3.8) is 0 Å². The van der Waals surface area contributed by atoms with Crippen LogP contribution in [0.4, 0.5) is 17.1 Å². The molecule has 0 amide bonds. The second kappa shape index (κ2) is 5.88. The van der Waals surface area contributed by atoms with Gasteiger partial charge in [0.2, 0.25) is 0 Å². The van der Waals surface area contributed by atoms with E-state index in [4.69, 9.17) is 0 Å². The summed E-state index contributed by atoms with van der Waals surface area (Å²) in [6.45, 7) is 0. The zero-order chi connectivity index (χ0) is 17.3. The average molecular weight is 323 g/mol. The molecule has 3 rings (SSSR count). The molecule has 0 aliphatic carbocycles. The highest BCUT2D eigenvalue weighted by molar-refractivity contribution is 5.66. The van der Waals surface area contributed by atoms with E-state index >= 15 is 0 Å². The van der Waals surface area contributed by atoms with Gasteiger partial charge < -0.3 is 20.6 Å². The Balaban J connectivity index is 2.07. The third-order valence-corrected chi connectivity index (χ3v) is 3.32. The minimum atomic E-state index is -0.991. The van der Waals surface area contributed by atoms with Crippen molar-refractivity contribution < 1.29 is 15.3 Å². The lowest BCUT2D eigenvalue weighted by Gasteiger charge is -2.09. The summed E-state index contributed by atoms with van der Waals surface area (Å²) in [5.74, 6) is -0.758. The number of rotatable bonds is 3. The standard InChI is InChI=1S/C17H12N2O5/c20-11-5-1-9(2-6-11)18-13-15(22)14(17(24)16(13)23)19-10-3-7-12(21)8-4-10/h1-8,18,20-22H/p-1. The molecule has 0 aliphatic rings. The van der Waals surface area contributed by atoms with Gasteiger partial charge in [0.05, 0.1) is 11.4 Å². The fraction of sp³-hybridized carbons (Fsp3) is 0. The van der Waals surface area contributed by atoms with E-state index in [0.29, 0.717) is 5.69 Å². The lowest BCUT2D eigenvalue weighted by Crippen LogP contribution is -2.31. The molecule has 0 aromatic heterocycles. The Morgan fingerprint density at radius 2 is 1.38 bits per heavy atom. The highest BCUT2D eigenvalue weighted by Crippen LogP contribution is 2.21. The molecule has 0 heterocycles. The van der Waals surface area contributed by atoms with Crippen molar-refractivity contribution in [2.45, 2.75) is 0 Å². The van der Waals surface area contributed by atoms with Gasteiger partial charge in [0.25, 0.3) is 10.9 Å². The molecule has 7 nitrogen and oxygen atoms in total. The van der Waals surface area contributed by atoms with Crippen LogP contribution in [0.3, 0.4) is 0 Å².